The Bertz CT molecular complexity index is 1690. The molecule has 5 aliphatic heterocycles. The lowest BCUT2D eigenvalue weighted by atomic mass is 9.47. The summed E-state index contributed by atoms with van der Waals surface area (Å²) in [7, 11) is 0. The van der Waals surface area contributed by atoms with Crippen LogP contribution in [0.4, 0.5) is 0 Å². The summed E-state index contributed by atoms with van der Waals surface area (Å²) >= 11 is 0. The van der Waals surface area contributed by atoms with E-state index in [0.717, 1.165) is 58.2 Å². The van der Waals surface area contributed by atoms with Gasteiger partial charge in [0.25, 0.3) is 0 Å². The third kappa shape index (κ3) is 16.0. The molecule has 12 fully saturated rings. The molecule has 12 rings (SSSR count). The van der Waals surface area contributed by atoms with Crippen molar-refractivity contribution < 1.29 is 4.74 Å². The fourth-order valence-electron chi connectivity index (χ4n) is 16.8. The van der Waals surface area contributed by atoms with Gasteiger partial charge in [-0.1, -0.05) is 88.0 Å². The average Bonchev–Trinajstić information content (AvgIpc) is 3.82. The van der Waals surface area contributed by atoms with Gasteiger partial charge in [0.1, 0.15) is 0 Å². The number of nitrogens with one attached hydrogen (secondary N) is 1. The van der Waals surface area contributed by atoms with Gasteiger partial charge in [-0.2, -0.15) is 0 Å². The first-order valence-corrected chi connectivity index (χ1v) is 32.7. The normalized spacial score (nSPS) is 31.9. The Labute approximate surface area is 462 Å². The van der Waals surface area contributed by atoms with Gasteiger partial charge in [-0.15, -0.1) is 0 Å². The molecule has 0 radical (unpaired) electrons. The molecular weight excluding hydrogens is 901 g/mol. The summed E-state index contributed by atoms with van der Waals surface area (Å²) in [6.07, 6.45) is 40.0. The molecule has 74 heavy (non-hydrogen) atoms. The second-order valence-corrected chi connectivity index (χ2v) is 35.3. The lowest BCUT2D eigenvalue weighted by Crippen LogP contribution is -2.50. The minimum Gasteiger partial charge on any atom is -0.381 e. The first-order valence-electron chi connectivity index (χ1n) is 32.7. The Morgan fingerprint density at radius 3 is 1.00 bits per heavy atom. The largest absolute Gasteiger partial charge is 0.381 e. The first kappa shape index (κ1) is 61.4. The number of hydrogen-bond donors (Lipinski definition) is 1. The highest BCUT2D eigenvalue weighted by atomic mass is 16.5. The zero-order valence-corrected chi connectivity index (χ0v) is 53.4. The van der Waals surface area contributed by atoms with Gasteiger partial charge >= 0.3 is 0 Å². The summed E-state index contributed by atoms with van der Waals surface area (Å²) in [6, 6.07) is 0.787. The monoisotopic (exact) mass is 1030 g/mol. The molecule has 1 N–H and O–H groups in total. The Kier molecular flexibility index (Phi) is 19.1. The van der Waals surface area contributed by atoms with E-state index < -0.39 is 0 Å². The van der Waals surface area contributed by atoms with E-state index in [2.05, 4.69) is 145 Å². The van der Waals surface area contributed by atoms with Crippen LogP contribution in [0.25, 0.3) is 0 Å². The molecule has 7 aliphatic carbocycles. The number of likely N-dealkylation sites (tertiary alicyclic amines) is 3. The van der Waals surface area contributed by atoms with Crippen LogP contribution in [0.5, 0.6) is 0 Å². The Morgan fingerprint density at radius 1 is 0.351 bits per heavy atom. The summed E-state index contributed by atoms with van der Waals surface area (Å²) in [4.78, 5) is 7.95. The van der Waals surface area contributed by atoms with Crippen molar-refractivity contribution in [1.82, 2.24) is 20.0 Å². The summed E-state index contributed by atoms with van der Waals surface area (Å²) in [6.45, 7) is 53.8. The zero-order valence-electron chi connectivity index (χ0n) is 53.4. The van der Waals surface area contributed by atoms with Crippen molar-refractivity contribution in [2.75, 3.05) is 59.0 Å². The molecule has 0 aromatic heterocycles. The van der Waals surface area contributed by atoms with E-state index in [0.29, 0.717) is 38.3 Å². The number of piperidine rings is 3. The van der Waals surface area contributed by atoms with Crippen molar-refractivity contribution in [3.8, 4) is 0 Å². The lowest BCUT2D eigenvalue weighted by molar-refractivity contribution is -0.0700. The third-order valence-electron chi connectivity index (χ3n) is 23.8. The topological polar surface area (TPSA) is 31.0 Å². The van der Waals surface area contributed by atoms with Crippen LogP contribution in [0.2, 0.25) is 0 Å². The van der Waals surface area contributed by atoms with Crippen LogP contribution in [-0.2, 0) is 4.74 Å². The Morgan fingerprint density at radius 2 is 0.730 bits per heavy atom. The molecule has 5 heteroatoms. The quantitative estimate of drug-likeness (QED) is 0.261. The standard InChI is InChI=1S/C13H25N.C12H23N.C12H22O.C11H21N.C11H20.C10H19N/c1-12(2,3)14-10-8-13(9-11-14)6-4-5-7-13;1-11(2,3)13-9-7-12(8-10-13)5-4-6-12;1-11(2,3)10-4-5-12(8-10)6-7-13-9-12;1-10(2,3)12-8-6-11(4-5-11)7-9-12;1-10(2,3)9-7-11(8-9)5-4-6-11;1-9(2,3)8-10(4-5-10)6-7-11-8/h4-11H2,1-3H3;4-10H2,1-3H3;10H,4-9H2,1-3H3;4-9H2,1-3H3;9H,4-8H2,1-3H3;8,11H,4-7H2,1-3H3. The summed E-state index contributed by atoms with van der Waals surface area (Å²) in [5, 5.41) is 3.65. The molecule has 12 aliphatic rings. The Hall–Kier alpha value is -0.200. The van der Waals surface area contributed by atoms with Crippen LogP contribution in [0.3, 0.4) is 0 Å². The highest BCUT2D eigenvalue weighted by Gasteiger charge is 2.56. The molecule has 5 saturated heterocycles. The molecule has 432 valence electrons. The fraction of sp³-hybridized carbons (Fsp3) is 1.00. The van der Waals surface area contributed by atoms with E-state index in [1.165, 1.54) is 206 Å². The molecule has 0 aromatic carbocycles. The highest BCUT2D eigenvalue weighted by molar-refractivity contribution is 5.10. The second-order valence-electron chi connectivity index (χ2n) is 35.3. The van der Waals surface area contributed by atoms with E-state index in [1.807, 2.05) is 0 Å². The van der Waals surface area contributed by atoms with Gasteiger partial charge in [-0.05, 0) is 316 Å². The van der Waals surface area contributed by atoms with E-state index in [4.69, 9.17) is 4.74 Å². The van der Waals surface area contributed by atoms with Gasteiger partial charge in [0.05, 0.1) is 6.61 Å². The number of hydrogen-bond acceptors (Lipinski definition) is 5. The smallest absolute Gasteiger partial charge is 0.0523 e. The van der Waals surface area contributed by atoms with Crippen LogP contribution >= 0.6 is 0 Å². The number of ether oxygens (including phenoxy) is 1. The van der Waals surface area contributed by atoms with Crippen LogP contribution < -0.4 is 5.32 Å². The molecule has 0 bridgehead atoms. The molecule has 5 nitrogen and oxygen atoms in total. The first-order chi connectivity index (χ1) is 34.1. The highest BCUT2D eigenvalue weighted by Crippen LogP contribution is 2.63. The van der Waals surface area contributed by atoms with Crippen molar-refractivity contribution in [3.05, 3.63) is 0 Å². The molecule has 7 saturated carbocycles. The van der Waals surface area contributed by atoms with Gasteiger partial charge in [0.15, 0.2) is 0 Å². The second kappa shape index (κ2) is 23.0. The van der Waals surface area contributed by atoms with Gasteiger partial charge in [0.2, 0.25) is 0 Å². The SMILES string of the molecule is CC(C)(C)C1CC2(CCC2)C1.CC(C)(C)C1CCC2(CCOC2)C1.CC(C)(C)C1NCCC12CC2.CC(C)(C)N1CCC2(CC1)CC2.CC(C)(C)N1CCC2(CCC2)CC1.CC(C)(C)N1CCC2(CCCC2)CC1. The van der Waals surface area contributed by atoms with E-state index in [-0.39, 0.29) is 0 Å². The summed E-state index contributed by atoms with van der Waals surface area (Å²) in [5.41, 5.74) is 7.36. The van der Waals surface area contributed by atoms with Crippen molar-refractivity contribution in [1.29, 1.82) is 0 Å². The van der Waals surface area contributed by atoms with Crippen LogP contribution in [0.1, 0.15) is 298 Å². The van der Waals surface area contributed by atoms with Gasteiger partial charge < -0.3 is 10.1 Å². The van der Waals surface area contributed by atoms with Crippen LogP contribution in [0.15, 0.2) is 0 Å². The molecule has 6 spiro atoms. The number of nitrogens with zero attached hydrogens (tertiary/aromatic N) is 3. The zero-order chi connectivity index (χ0) is 54.3. The average molecular weight is 1030 g/mol. The van der Waals surface area contributed by atoms with Gasteiger partial charge in [-0.25, -0.2) is 0 Å². The van der Waals surface area contributed by atoms with Gasteiger partial charge in [-0.3, -0.25) is 14.7 Å². The number of rotatable bonds is 0. The van der Waals surface area contributed by atoms with E-state index in [1.54, 1.807) is 12.8 Å². The molecule has 3 unspecified atom stereocenters. The van der Waals surface area contributed by atoms with Crippen LogP contribution in [0, 0.1) is 60.6 Å². The molecule has 0 aromatic rings. The maximum Gasteiger partial charge on any atom is 0.0523 e. The van der Waals surface area contributed by atoms with E-state index in [9.17, 15) is 0 Å². The predicted octanol–water partition coefficient (Wildman–Crippen LogP) is 18.2. The lowest BCUT2D eigenvalue weighted by Gasteiger charge is -2.58. The predicted molar refractivity (Wildman–Crippen MR) is 321 cm³/mol. The molecule has 5 heterocycles. The summed E-state index contributed by atoms with van der Waals surface area (Å²) < 4.78 is 5.54. The van der Waals surface area contributed by atoms with Crippen molar-refractivity contribution >= 4 is 0 Å². The van der Waals surface area contributed by atoms with E-state index >= 15 is 0 Å². The maximum atomic E-state index is 5.54. The minimum absolute atomic E-state index is 0.389. The maximum absolute atomic E-state index is 5.54. The fourth-order valence-corrected chi connectivity index (χ4v) is 16.8. The minimum atomic E-state index is 0.389. The van der Waals surface area contributed by atoms with Crippen molar-refractivity contribution in [2.45, 2.75) is 321 Å². The molecular formula is C69H130N4O. The Balaban J connectivity index is 0.000000130. The van der Waals surface area contributed by atoms with Crippen molar-refractivity contribution in [3.63, 3.8) is 0 Å². The summed E-state index contributed by atoms with van der Waals surface area (Å²) in [5.74, 6) is 1.96. The third-order valence-corrected chi connectivity index (χ3v) is 23.8. The van der Waals surface area contributed by atoms with Gasteiger partial charge in [0, 0.05) is 29.3 Å². The molecule has 3 atom stereocenters. The molecule has 0 amide bonds. The van der Waals surface area contributed by atoms with Crippen LogP contribution in [-0.4, -0.2) is 96.4 Å². The van der Waals surface area contributed by atoms with Crippen molar-refractivity contribution in [2.24, 2.45) is 60.6 Å².